The van der Waals surface area contributed by atoms with E-state index in [1.54, 1.807) is 7.11 Å². The number of nitrogens with zero attached hydrogens (tertiary/aromatic N) is 1. The maximum atomic E-state index is 12.4. The van der Waals surface area contributed by atoms with Gasteiger partial charge in [0.05, 0.1) is 20.3 Å². The van der Waals surface area contributed by atoms with Crippen LogP contribution in [0.3, 0.4) is 0 Å². The standard InChI is InChI=1S/C21H24N2O3/c1-25-18-7-6-17-10-15(14-26-20(17)11-18)12-22-21(24)13-23-9-8-16-4-2-3-5-19(16)23/h2-7,11,15H,8-10,12-14H2,1H3,(H,22,24). The lowest BCUT2D eigenvalue weighted by Crippen LogP contribution is -2.40. The Bertz CT molecular complexity index is 806. The molecule has 1 N–H and O–H groups in total. The van der Waals surface area contributed by atoms with E-state index in [4.69, 9.17) is 9.47 Å². The molecular formula is C21H24N2O3. The molecule has 2 aromatic carbocycles. The van der Waals surface area contributed by atoms with Gasteiger partial charge in [-0.25, -0.2) is 0 Å². The normalized spacial score (nSPS) is 17.9. The van der Waals surface area contributed by atoms with E-state index in [1.165, 1.54) is 16.8 Å². The smallest absolute Gasteiger partial charge is 0.239 e. The predicted octanol–water partition coefficient (Wildman–Crippen LogP) is 2.43. The number of nitrogens with one attached hydrogen (secondary N) is 1. The summed E-state index contributed by atoms with van der Waals surface area (Å²) in [6, 6.07) is 14.2. The van der Waals surface area contributed by atoms with Crippen LogP contribution in [-0.4, -0.2) is 39.3 Å². The molecule has 5 heteroatoms. The average Bonchev–Trinajstić information content (AvgIpc) is 3.08. The second-order valence-electron chi connectivity index (χ2n) is 6.96. The van der Waals surface area contributed by atoms with Gasteiger partial charge in [-0.2, -0.15) is 0 Å². The number of rotatable bonds is 5. The monoisotopic (exact) mass is 352 g/mol. The fourth-order valence-corrected chi connectivity index (χ4v) is 3.73. The van der Waals surface area contributed by atoms with Gasteiger partial charge in [0, 0.05) is 30.8 Å². The van der Waals surface area contributed by atoms with Crippen LogP contribution in [0.4, 0.5) is 5.69 Å². The van der Waals surface area contributed by atoms with E-state index in [0.717, 1.165) is 30.9 Å². The molecule has 0 spiro atoms. The molecule has 0 radical (unpaired) electrons. The first-order valence-corrected chi connectivity index (χ1v) is 9.12. The maximum Gasteiger partial charge on any atom is 0.239 e. The van der Waals surface area contributed by atoms with Gasteiger partial charge < -0.3 is 19.7 Å². The molecule has 26 heavy (non-hydrogen) atoms. The Kier molecular flexibility index (Phi) is 4.69. The number of benzene rings is 2. The van der Waals surface area contributed by atoms with Crippen LogP contribution in [0.25, 0.3) is 0 Å². The summed E-state index contributed by atoms with van der Waals surface area (Å²) in [5.41, 5.74) is 3.68. The lowest BCUT2D eigenvalue weighted by Gasteiger charge is -2.26. The second kappa shape index (κ2) is 7.28. The van der Waals surface area contributed by atoms with E-state index in [1.807, 2.05) is 24.3 Å². The Labute approximate surface area is 153 Å². The molecular weight excluding hydrogens is 328 g/mol. The van der Waals surface area contributed by atoms with Crippen LogP contribution in [-0.2, 0) is 17.6 Å². The van der Waals surface area contributed by atoms with Crippen molar-refractivity contribution in [3.8, 4) is 11.5 Å². The van der Waals surface area contributed by atoms with Gasteiger partial charge in [-0.15, -0.1) is 0 Å². The molecule has 1 atom stereocenters. The first-order chi connectivity index (χ1) is 12.7. The van der Waals surface area contributed by atoms with E-state index >= 15 is 0 Å². The number of fused-ring (bicyclic) bond motifs is 2. The summed E-state index contributed by atoms with van der Waals surface area (Å²) in [7, 11) is 1.65. The molecule has 0 aromatic heterocycles. The lowest BCUT2D eigenvalue weighted by atomic mass is 9.96. The molecule has 2 aliphatic heterocycles. The van der Waals surface area contributed by atoms with Gasteiger partial charge in [0.25, 0.3) is 0 Å². The number of carbonyl (C=O) groups excluding carboxylic acids is 1. The molecule has 136 valence electrons. The third-order valence-corrected chi connectivity index (χ3v) is 5.16. The van der Waals surface area contributed by atoms with E-state index in [-0.39, 0.29) is 5.91 Å². The molecule has 0 bridgehead atoms. The molecule has 2 heterocycles. The Hall–Kier alpha value is -2.69. The van der Waals surface area contributed by atoms with Crippen molar-refractivity contribution in [3.05, 3.63) is 53.6 Å². The highest BCUT2D eigenvalue weighted by atomic mass is 16.5. The van der Waals surface area contributed by atoms with Gasteiger partial charge in [0.1, 0.15) is 11.5 Å². The fraction of sp³-hybridized carbons (Fsp3) is 0.381. The number of hydrogen-bond donors (Lipinski definition) is 1. The summed E-state index contributed by atoms with van der Waals surface area (Å²) in [5.74, 6) is 2.06. The Morgan fingerprint density at radius 2 is 2.15 bits per heavy atom. The van der Waals surface area contributed by atoms with Gasteiger partial charge >= 0.3 is 0 Å². The molecule has 0 fully saturated rings. The summed E-state index contributed by atoms with van der Waals surface area (Å²) < 4.78 is 11.1. The van der Waals surface area contributed by atoms with Crippen molar-refractivity contribution in [2.75, 3.05) is 38.3 Å². The van der Waals surface area contributed by atoms with Crippen molar-refractivity contribution in [2.45, 2.75) is 12.8 Å². The molecule has 2 aliphatic rings. The molecule has 0 saturated carbocycles. The molecule has 0 saturated heterocycles. The Morgan fingerprint density at radius 1 is 1.27 bits per heavy atom. The summed E-state index contributed by atoms with van der Waals surface area (Å²) in [4.78, 5) is 14.5. The van der Waals surface area contributed by atoms with Gasteiger partial charge in [-0.3, -0.25) is 4.79 Å². The number of anilines is 1. The largest absolute Gasteiger partial charge is 0.497 e. The third kappa shape index (κ3) is 3.47. The van der Waals surface area contributed by atoms with Crippen LogP contribution in [0, 0.1) is 5.92 Å². The van der Waals surface area contributed by atoms with Crippen molar-refractivity contribution < 1.29 is 14.3 Å². The molecule has 1 unspecified atom stereocenters. The quantitative estimate of drug-likeness (QED) is 0.898. The van der Waals surface area contributed by atoms with Crippen molar-refractivity contribution in [1.82, 2.24) is 5.32 Å². The first-order valence-electron chi connectivity index (χ1n) is 9.12. The van der Waals surface area contributed by atoms with E-state index < -0.39 is 0 Å². The van der Waals surface area contributed by atoms with Crippen molar-refractivity contribution in [1.29, 1.82) is 0 Å². The van der Waals surface area contributed by atoms with Gasteiger partial charge in [-0.1, -0.05) is 24.3 Å². The zero-order chi connectivity index (χ0) is 17.9. The zero-order valence-electron chi connectivity index (χ0n) is 15.0. The van der Waals surface area contributed by atoms with Gasteiger partial charge in [-0.05, 0) is 36.1 Å². The molecule has 5 nitrogen and oxygen atoms in total. The van der Waals surface area contributed by atoms with Crippen molar-refractivity contribution >= 4 is 11.6 Å². The minimum Gasteiger partial charge on any atom is -0.497 e. The van der Waals surface area contributed by atoms with Crippen LogP contribution < -0.4 is 19.7 Å². The summed E-state index contributed by atoms with van der Waals surface area (Å²) in [6.45, 7) is 2.58. The van der Waals surface area contributed by atoms with E-state index in [9.17, 15) is 4.79 Å². The molecule has 0 aliphatic carbocycles. The van der Waals surface area contributed by atoms with Crippen LogP contribution >= 0.6 is 0 Å². The van der Waals surface area contributed by atoms with Crippen molar-refractivity contribution in [3.63, 3.8) is 0 Å². The van der Waals surface area contributed by atoms with Crippen LogP contribution in [0.5, 0.6) is 11.5 Å². The molecule has 4 rings (SSSR count). The Balaban J connectivity index is 1.29. The highest BCUT2D eigenvalue weighted by Gasteiger charge is 2.23. The van der Waals surface area contributed by atoms with Gasteiger partial charge in [0.2, 0.25) is 5.91 Å². The number of amides is 1. The second-order valence-corrected chi connectivity index (χ2v) is 6.96. The summed E-state index contributed by atoms with van der Waals surface area (Å²) in [6.07, 6.45) is 1.92. The predicted molar refractivity (Wildman–Crippen MR) is 101 cm³/mol. The highest BCUT2D eigenvalue weighted by Crippen LogP contribution is 2.31. The molecule has 1 amide bonds. The minimum absolute atomic E-state index is 0.0715. The third-order valence-electron chi connectivity index (χ3n) is 5.16. The summed E-state index contributed by atoms with van der Waals surface area (Å²) in [5, 5.41) is 3.08. The topological polar surface area (TPSA) is 50.8 Å². The number of carbonyl (C=O) groups is 1. The number of methoxy groups -OCH3 is 1. The fourth-order valence-electron chi connectivity index (χ4n) is 3.73. The summed E-state index contributed by atoms with van der Waals surface area (Å²) >= 11 is 0. The minimum atomic E-state index is 0.0715. The number of ether oxygens (including phenoxy) is 2. The maximum absolute atomic E-state index is 12.4. The average molecular weight is 352 g/mol. The SMILES string of the molecule is COc1ccc2c(c1)OCC(CNC(=O)CN1CCc3ccccc31)C2. The van der Waals surface area contributed by atoms with E-state index in [0.29, 0.717) is 25.6 Å². The molecule has 2 aromatic rings. The first kappa shape index (κ1) is 16.8. The van der Waals surface area contributed by atoms with Crippen LogP contribution in [0.2, 0.25) is 0 Å². The van der Waals surface area contributed by atoms with Crippen molar-refractivity contribution in [2.24, 2.45) is 5.92 Å². The highest BCUT2D eigenvalue weighted by molar-refractivity contribution is 5.82. The number of para-hydroxylation sites is 1. The van der Waals surface area contributed by atoms with E-state index in [2.05, 4.69) is 28.4 Å². The van der Waals surface area contributed by atoms with Crippen LogP contribution in [0.15, 0.2) is 42.5 Å². The van der Waals surface area contributed by atoms with Crippen LogP contribution in [0.1, 0.15) is 11.1 Å². The zero-order valence-corrected chi connectivity index (χ0v) is 15.0. The van der Waals surface area contributed by atoms with Gasteiger partial charge in [0.15, 0.2) is 0 Å². The Morgan fingerprint density at radius 3 is 3.04 bits per heavy atom. The lowest BCUT2D eigenvalue weighted by molar-refractivity contribution is -0.120. The number of hydrogen-bond acceptors (Lipinski definition) is 4.